The number of esters is 1. The molecule has 0 saturated heterocycles. The van der Waals surface area contributed by atoms with Gasteiger partial charge < -0.3 is 29.4 Å². The Morgan fingerprint density at radius 1 is 0.935 bits per heavy atom. The number of hydrogen-bond donors (Lipinski definition) is 2. The standard InChI is InChI=1S/C35H35N3O8/c1-35(2,3)46-34(42)37-18-32(41)45-20-26-24(19-39)14-23-15-28(43-4)29(44-5)17-25(23)33(26)22-12-13-36-30(16-22)38-27-9-7-6-8-21(27)10-11-31(38)40/h6-17,39H,18-20H2,1-5H3,(H,37,42). The first kappa shape index (κ1) is 32.0. The van der Waals surface area contributed by atoms with Crippen molar-refractivity contribution in [2.45, 2.75) is 39.6 Å². The fourth-order valence-electron chi connectivity index (χ4n) is 5.25. The van der Waals surface area contributed by atoms with Gasteiger partial charge >= 0.3 is 12.1 Å². The lowest BCUT2D eigenvalue weighted by Crippen LogP contribution is -2.36. The number of alkyl carbamates (subject to hydrolysis) is 1. The molecule has 238 valence electrons. The number of methoxy groups -OCH3 is 2. The second kappa shape index (κ2) is 13.3. The average Bonchev–Trinajstić information content (AvgIpc) is 3.04. The lowest BCUT2D eigenvalue weighted by molar-refractivity contribution is -0.143. The Labute approximate surface area is 265 Å². The van der Waals surface area contributed by atoms with Crippen molar-refractivity contribution in [3.05, 3.63) is 94.4 Å². The van der Waals surface area contributed by atoms with E-state index in [-0.39, 0.29) is 18.8 Å². The van der Waals surface area contributed by atoms with Crippen LogP contribution in [0.1, 0.15) is 31.9 Å². The first-order chi connectivity index (χ1) is 22.0. The smallest absolute Gasteiger partial charge is 0.408 e. The number of benzene rings is 3. The number of aliphatic hydroxyl groups excluding tert-OH is 1. The van der Waals surface area contributed by atoms with Crippen LogP contribution in [0.4, 0.5) is 4.79 Å². The number of ether oxygens (including phenoxy) is 4. The number of rotatable bonds is 9. The van der Waals surface area contributed by atoms with E-state index in [2.05, 4.69) is 10.3 Å². The summed E-state index contributed by atoms with van der Waals surface area (Å²) in [5.41, 5.74) is 2.01. The van der Waals surface area contributed by atoms with Gasteiger partial charge in [-0.15, -0.1) is 0 Å². The minimum absolute atomic E-state index is 0.226. The zero-order valence-corrected chi connectivity index (χ0v) is 26.2. The maximum absolute atomic E-state index is 13.1. The molecule has 0 bridgehead atoms. The number of amides is 1. The van der Waals surface area contributed by atoms with Crippen molar-refractivity contribution in [3.63, 3.8) is 0 Å². The number of nitrogens with one attached hydrogen (secondary N) is 1. The van der Waals surface area contributed by atoms with Crippen LogP contribution in [0.5, 0.6) is 11.5 Å². The van der Waals surface area contributed by atoms with Crippen LogP contribution in [0, 0.1) is 0 Å². The van der Waals surface area contributed by atoms with Gasteiger partial charge in [-0.1, -0.05) is 18.2 Å². The van der Waals surface area contributed by atoms with E-state index in [0.717, 1.165) is 16.2 Å². The number of nitrogens with zero attached hydrogens (tertiary/aromatic N) is 2. The summed E-state index contributed by atoms with van der Waals surface area (Å²) in [6.45, 7) is 4.15. The molecule has 0 atom stereocenters. The summed E-state index contributed by atoms with van der Waals surface area (Å²) < 4.78 is 23.5. The Morgan fingerprint density at radius 3 is 2.39 bits per heavy atom. The van der Waals surface area contributed by atoms with E-state index in [0.29, 0.717) is 45.1 Å². The normalized spacial score (nSPS) is 11.3. The number of aromatic nitrogens is 2. The molecule has 0 spiro atoms. The largest absolute Gasteiger partial charge is 0.493 e. The van der Waals surface area contributed by atoms with E-state index in [9.17, 15) is 19.5 Å². The van der Waals surface area contributed by atoms with Gasteiger partial charge in [0.15, 0.2) is 11.5 Å². The topological polar surface area (TPSA) is 138 Å². The van der Waals surface area contributed by atoms with Crippen molar-refractivity contribution < 1.29 is 33.6 Å². The first-order valence-electron chi connectivity index (χ1n) is 14.5. The fourth-order valence-corrected chi connectivity index (χ4v) is 5.25. The van der Waals surface area contributed by atoms with Crippen molar-refractivity contribution in [2.75, 3.05) is 20.8 Å². The molecule has 1 amide bonds. The van der Waals surface area contributed by atoms with Crippen LogP contribution in [0.2, 0.25) is 0 Å². The van der Waals surface area contributed by atoms with Gasteiger partial charge in [0.25, 0.3) is 5.56 Å². The summed E-state index contributed by atoms with van der Waals surface area (Å²) in [6.07, 6.45) is 0.846. The highest BCUT2D eigenvalue weighted by molar-refractivity contribution is 6.01. The van der Waals surface area contributed by atoms with Gasteiger partial charge in [0.05, 0.1) is 26.3 Å². The summed E-state index contributed by atoms with van der Waals surface area (Å²) in [7, 11) is 3.07. The van der Waals surface area contributed by atoms with Crippen molar-refractivity contribution in [1.29, 1.82) is 0 Å². The Balaban J connectivity index is 1.63. The molecule has 0 aliphatic heterocycles. The number of hydrogen-bond acceptors (Lipinski definition) is 9. The fraction of sp³-hybridized carbons (Fsp3) is 0.257. The molecule has 0 radical (unpaired) electrons. The third-order valence-electron chi connectivity index (χ3n) is 7.23. The molecule has 2 aromatic heterocycles. The zero-order chi connectivity index (χ0) is 33.0. The van der Waals surface area contributed by atoms with E-state index in [4.69, 9.17) is 18.9 Å². The molecule has 0 unspecified atom stereocenters. The van der Waals surface area contributed by atoms with E-state index >= 15 is 0 Å². The van der Waals surface area contributed by atoms with Gasteiger partial charge in [-0.05, 0) is 96.1 Å². The highest BCUT2D eigenvalue weighted by Gasteiger charge is 2.21. The Morgan fingerprint density at radius 2 is 1.67 bits per heavy atom. The quantitative estimate of drug-likeness (QED) is 0.210. The van der Waals surface area contributed by atoms with Crippen LogP contribution in [-0.2, 0) is 27.5 Å². The van der Waals surface area contributed by atoms with Gasteiger partial charge in [-0.25, -0.2) is 9.78 Å². The molecular formula is C35H35N3O8. The molecule has 5 rings (SSSR count). The molecule has 0 fully saturated rings. The number of carbonyl (C=O) groups excluding carboxylic acids is 2. The SMILES string of the molecule is COc1cc2cc(CO)c(COC(=O)CNC(=O)OC(C)(C)C)c(-c3ccnc(-n4c(=O)ccc5ccccc54)c3)c2cc1OC. The van der Waals surface area contributed by atoms with Gasteiger partial charge in [-0.2, -0.15) is 0 Å². The summed E-state index contributed by atoms with van der Waals surface area (Å²) in [5.74, 6) is 0.643. The lowest BCUT2D eigenvalue weighted by atomic mass is 9.90. The predicted molar refractivity (Wildman–Crippen MR) is 173 cm³/mol. The van der Waals surface area contributed by atoms with Gasteiger partial charge in [0, 0.05) is 17.8 Å². The van der Waals surface area contributed by atoms with E-state index < -0.39 is 24.2 Å². The molecule has 46 heavy (non-hydrogen) atoms. The molecule has 0 aliphatic carbocycles. The summed E-state index contributed by atoms with van der Waals surface area (Å²) in [5, 5.41) is 15.2. The van der Waals surface area contributed by atoms with E-state index in [1.165, 1.54) is 24.9 Å². The van der Waals surface area contributed by atoms with Crippen LogP contribution in [0.15, 0.2) is 77.7 Å². The second-order valence-electron chi connectivity index (χ2n) is 11.5. The van der Waals surface area contributed by atoms with Crippen molar-refractivity contribution in [1.82, 2.24) is 14.9 Å². The second-order valence-corrected chi connectivity index (χ2v) is 11.5. The third kappa shape index (κ3) is 6.79. The van der Waals surface area contributed by atoms with Crippen molar-refractivity contribution in [2.24, 2.45) is 0 Å². The molecule has 5 aromatic rings. The summed E-state index contributed by atoms with van der Waals surface area (Å²) in [4.78, 5) is 42.5. The maximum atomic E-state index is 13.1. The van der Waals surface area contributed by atoms with Crippen LogP contribution in [-0.4, -0.2) is 53.1 Å². The molecule has 0 aliphatic rings. The lowest BCUT2D eigenvalue weighted by Gasteiger charge is -2.20. The molecule has 2 heterocycles. The number of pyridine rings is 2. The van der Waals surface area contributed by atoms with Gasteiger partial charge in [0.1, 0.15) is 24.6 Å². The highest BCUT2D eigenvalue weighted by Crippen LogP contribution is 2.41. The highest BCUT2D eigenvalue weighted by atomic mass is 16.6. The predicted octanol–water partition coefficient (Wildman–Crippen LogP) is 5.28. The molecule has 11 heteroatoms. The molecule has 11 nitrogen and oxygen atoms in total. The first-order valence-corrected chi connectivity index (χ1v) is 14.5. The molecule has 0 saturated carbocycles. The average molecular weight is 626 g/mol. The molecule has 2 N–H and O–H groups in total. The number of fused-ring (bicyclic) bond motifs is 2. The van der Waals surface area contributed by atoms with Gasteiger partial charge in [-0.3, -0.25) is 14.2 Å². The van der Waals surface area contributed by atoms with E-state index in [1.54, 1.807) is 57.3 Å². The van der Waals surface area contributed by atoms with Crippen LogP contribution in [0.3, 0.4) is 0 Å². The van der Waals surface area contributed by atoms with Crippen LogP contribution < -0.4 is 20.3 Å². The maximum Gasteiger partial charge on any atom is 0.408 e. The minimum atomic E-state index is -0.749. The Kier molecular flexibility index (Phi) is 9.24. The van der Waals surface area contributed by atoms with Crippen LogP contribution >= 0.6 is 0 Å². The van der Waals surface area contributed by atoms with Crippen LogP contribution in [0.25, 0.3) is 38.6 Å². The Bertz CT molecular complexity index is 2000. The number of aliphatic hydroxyl groups is 1. The summed E-state index contributed by atoms with van der Waals surface area (Å²) >= 11 is 0. The minimum Gasteiger partial charge on any atom is -0.493 e. The zero-order valence-electron chi connectivity index (χ0n) is 26.2. The van der Waals surface area contributed by atoms with E-state index in [1.807, 2.05) is 30.3 Å². The van der Waals surface area contributed by atoms with Crippen molar-refractivity contribution >= 4 is 33.7 Å². The number of carbonyl (C=O) groups is 2. The van der Waals surface area contributed by atoms with Gasteiger partial charge in [0.2, 0.25) is 0 Å². The molecule has 3 aromatic carbocycles. The molecular weight excluding hydrogens is 590 g/mol. The van der Waals surface area contributed by atoms with Crippen molar-refractivity contribution in [3.8, 4) is 28.4 Å². The monoisotopic (exact) mass is 625 g/mol. The summed E-state index contributed by atoms with van der Waals surface area (Å²) in [6, 6.07) is 19.7. The third-order valence-corrected chi connectivity index (χ3v) is 7.23. The number of para-hydroxylation sites is 1. The Hall–Kier alpha value is -5.42.